The van der Waals surface area contributed by atoms with Crippen LogP contribution in [0.2, 0.25) is 0 Å². The van der Waals surface area contributed by atoms with Crippen LogP contribution in [-0.2, 0) is 17.3 Å². The molecule has 21 heavy (non-hydrogen) atoms. The van der Waals surface area contributed by atoms with Crippen molar-refractivity contribution in [3.8, 4) is 5.75 Å². The van der Waals surface area contributed by atoms with E-state index in [1.165, 1.54) is 0 Å². The lowest BCUT2D eigenvalue weighted by Crippen LogP contribution is -2.27. The van der Waals surface area contributed by atoms with Gasteiger partial charge in [-0.25, -0.2) is 0 Å². The van der Waals surface area contributed by atoms with Crippen LogP contribution in [0.4, 0.5) is 0 Å². The highest BCUT2D eigenvalue weighted by Crippen LogP contribution is 2.20. The number of ether oxygens (including phenoxy) is 1. The lowest BCUT2D eigenvalue weighted by Gasteiger charge is -2.14. The Hall–Kier alpha value is -1.60. The van der Waals surface area contributed by atoms with Crippen LogP contribution in [0.25, 0.3) is 0 Å². The number of benzene rings is 1. The van der Waals surface area contributed by atoms with Crippen molar-refractivity contribution in [1.82, 2.24) is 5.32 Å². The summed E-state index contributed by atoms with van der Waals surface area (Å²) in [4.78, 5) is 0. The molecule has 0 aliphatic rings. The summed E-state index contributed by atoms with van der Waals surface area (Å²) in [6.07, 6.45) is 2.58. The van der Waals surface area contributed by atoms with Crippen LogP contribution in [0.1, 0.15) is 24.5 Å². The molecule has 0 radical (unpaired) electrons. The van der Waals surface area contributed by atoms with E-state index in [-0.39, 0.29) is 11.9 Å². The van der Waals surface area contributed by atoms with Gasteiger partial charge in [0.15, 0.2) is 5.84 Å². The fraction of sp³-hybridized carbons (Fsp3) is 0.500. The van der Waals surface area contributed by atoms with Gasteiger partial charge in [-0.15, -0.1) is 0 Å². The molecule has 0 aliphatic heterocycles. The van der Waals surface area contributed by atoms with Gasteiger partial charge in [-0.3, -0.25) is 4.21 Å². The van der Waals surface area contributed by atoms with Gasteiger partial charge >= 0.3 is 0 Å². The number of nitrogens with two attached hydrogens (primary N) is 1. The number of hydrogen-bond donors (Lipinski definition) is 3. The Labute approximate surface area is 127 Å². The van der Waals surface area contributed by atoms with Crippen LogP contribution in [-0.4, -0.2) is 40.4 Å². The number of rotatable bonds is 8. The SMILES string of the molecule is COc1cc(CNC(C)CCS(C)=O)ccc1/C(N)=N/O. The largest absolute Gasteiger partial charge is 0.496 e. The van der Waals surface area contributed by atoms with Gasteiger partial charge < -0.3 is 21.0 Å². The van der Waals surface area contributed by atoms with E-state index in [0.29, 0.717) is 23.6 Å². The van der Waals surface area contributed by atoms with Crippen LogP contribution >= 0.6 is 0 Å². The summed E-state index contributed by atoms with van der Waals surface area (Å²) >= 11 is 0. The molecule has 6 nitrogen and oxygen atoms in total. The Morgan fingerprint density at radius 3 is 2.86 bits per heavy atom. The highest BCUT2D eigenvalue weighted by Gasteiger charge is 2.09. The second-order valence-electron chi connectivity index (χ2n) is 4.87. The maximum Gasteiger partial charge on any atom is 0.173 e. The smallest absolute Gasteiger partial charge is 0.173 e. The van der Waals surface area contributed by atoms with Crippen molar-refractivity contribution in [3.05, 3.63) is 29.3 Å². The van der Waals surface area contributed by atoms with Crippen LogP contribution in [0, 0.1) is 0 Å². The number of oxime groups is 1. The number of nitrogens with zero attached hydrogens (tertiary/aromatic N) is 1. The number of amidine groups is 1. The van der Waals surface area contributed by atoms with Crippen LogP contribution in [0.15, 0.2) is 23.4 Å². The van der Waals surface area contributed by atoms with Gasteiger partial charge in [0.2, 0.25) is 0 Å². The van der Waals surface area contributed by atoms with Crippen LogP contribution < -0.4 is 15.8 Å². The van der Waals surface area contributed by atoms with E-state index < -0.39 is 10.8 Å². The monoisotopic (exact) mass is 313 g/mol. The van der Waals surface area contributed by atoms with Crippen LogP contribution in [0.3, 0.4) is 0 Å². The maximum absolute atomic E-state index is 11.1. The topological polar surface area (TPSA) is 96.9 Å². The van der Waals surface area contributed by atoms with Gasteiger partial charge in [0.05, 0.1) is 12.7 Å². The number of hydrogen-bond acceptors (Lipinski definition) is 5. The molecule has 0 aliphatic carbocycles. The molecule has 1 aromatic rings. The third-order valence-corrected chi connectivity index (χ3v) is 3.95. The first kappa shape index (κ1) is 17.5. The quantitative estimate of drug-likeness (QED) is 0.288. The second-order valence-corrected chi connectivity index (χ2v) is 6.42. The Balaban J connectivity index is 2.66. The summed E-state index contributed by atoms with van der Waals surface area (Å²) in [5, 5.41) is 15.1. The summed E-state index contributed by atoms with van der Waals surface area (Å²) in [6, 6.07) is 5.79. The predicted molar refractivity (Wildman–Crippen MR) is 85.4 cm³/mol. The van der Waals surface area contributed by atoms with Crippen molar-refractivity contribution in [2.24, 2.45) is 10.9 Å². The Morgan fingerprint density at radius 1 is 1.57 bits per heavy atom. The van der Waals surface area contributed by atoms with E-state index in [1.807, 2.05) is 12.1 Å². The first-order valence-electron chi connectivity index (χ1n) is 6.66. The second kappa shape index (κ2) is 8.63. The predicted octanol–water partition coefficient (Wildman–Crippen LogP) is 1.04. The van der Waals surface area contributed by atoms with E-state index in [1.54, 1.807) is 19.4 Å². The van der Waals surface area contributed by atoms with Crippen molar-refractivity contribution in [2.45, 2.75) is 25.9 Å². The molecule has 0 heterocycles. The Kier molecular flexibility index (Phi) is 7.18. The van der Waals surface area contributed by atoms with Crippen molar-refractivity contribution in [2.75, 3.05) is 19.1 Å². The first-order chi connectivity index (χ1) is 9.97. The molecule has 2 atom stereocenters. The third-order valence-electron chi connectivity index (χ3n) is 3.14. The fourth-order valence-electron chi connectivity index (χ4n) is 1.85. The van der Waals surface area contributed by atoms with Crippen molar-refractivity contribution < 1.29 is 14.2 Å². The molecular weight excluding hydrogens is 290 g/mol. The summed E-state index contributed by atoms with van der Waals surface area (Å²) < 4.78 is 16.3. The van der Waals surface area contributed by atoms with Crippen molar-refractivity contribution >= 4 is 16.6 Å². The molecule has 0 fully saturated rings. The minimum atomic E-state index is -0.760. The summed E-state index contributed by atoms with van der Waals surface area (Å²) in [7, 11) is 0.782. The molecule has 0 amide bonds. The zero-order chi connectivity index (χ0) is 15.8. The average Bonchev–Trinajstić information content (AvgIpc) is 2.49. The molecular formula is C14H23N3O3S. The Bertz CT molecular complexity index is 520. The van der Waals surface area contributed by atoms with E-state index in [0.717, 1.165) is 12.0 Å². The van der Waals surface area contributed by atoms with Gasteiger partial charge in [-0.2, -0.15) is 0 Å². The zero-order valence-electron chi connectivity index (χ0n) is 12.6. The molecule has 0 bridgehead atoms. The molecule has 2 unspecified atom stereocenters. The molecule has 0 spiro atoms. The minimum absolute atomic E-state index is 0.0187. The molecule has 0 aromatic heterocycles. The van der Waals surface area contributed by atoms with E-state index in [4.69, 9.17) is 15.7 Å². The highest BCUT2D eigenvalue weighted by molar-refractivity contribution is 7.84. The molecule has 1 aromatic carbocycles. The third kappa shape index (κ3) is 5.73. The van der Waals surface area contributed by atoms with Gasteiger partial charge in [-0.1, -0.05) is 11.2 Å². The number of methoxy groups -OCH3 is 1. The van der Waals surface area contributed by atoms with Crippen molar-refractivity contribution in [3.63, 3.8) is 0 Å². The van der Waals surface area contributed by atoms with Gasteiger partial charge in [-0.05, 0) is 31.0 Å². The molecule has 118 valence electrons. The lowest BCUT2D eigenvalue weighted by atomic mass is 10.1. The zero-order valence-corrected chi connectivity index (χ0v) is 13.4. The molecule has 0 saturated heterocycles. The maximum atomic E-state index is 11.1. The van der Waals surface area contributed by atoms with Crippen molar-refractivity contribution in [1.29, 1.82) is 0 Å². The van der Waals surface area contributed by atoms with E-state index >= 15 is 0 Å². The van der Waals surface area contributed by atoms with Gasteiger partial charge in [0.1, 0.15) is 5.75 Å². The number of nitrogens with one attached hydrogen (secondary N) is 1. The highest BCUT2D eigenvalue weighted by atomic mass is 32.2. The molecule has 7 heteroatoms. The lowest BCUT2D eigenvalue weighted by molar-refractivity contribution is 0.318. The normalized spacial score (nSPS) is 14.7. The van der Waals surface area contributed by atoms with Crippen LogP contribution in [0.5, 0.6) is 5.75 Å². The molecule has 0 saturated carbocycles. The minimum Gasteiger partial charge on any atom is -0.496 e. The summed E-state index contributed by atoms with van der Waals surface area (Å²) in [6.45, 7) is 2.74. The van der Waals surface area contributed by atoms with E-state index in [9.17, 15) is 4.21 Å². The summed E-state index contributed by atoms with van der Waals surface area (Å²) in [5.41, 5.74) is 7.17. The summed E-state index contributed by atoms with van der Waals surface area (Å²) in [5.74, 6) is 1.27. The molecule has 1 rings (SSSR count). The Morgan fingerprint density at radius 2 is 2.29 bits per heavy atom. The molecule has 4 N–H and O–H groups in total. The van der Waals surface area contributed by atoms with Gasteiger partial charge in [0.25, 0.3) is 0 Å². The first-order valence-corrected chi connectivity index (χ1v) is 8.38. The van der Waals surface area contributed by atoms with E-state index in [2.05, 4.69) is 17.4 Å². The average molecular weight is 313 g/mol. The standard InChI is InChI=1S/C14H23N3O3S/c1-10(6-7-21(3)19)16-9-11-4-5-12(14(15)17-18)13(8-11)20-2/h4-5,8,10,16,18H,6-7,9H2,1-3H3,(H2,15,17). The van der Waals surface area contributed by atoms with Gasteiger partial charge in [0, 0.05) is 35.4 Å². The fourth-order valence-corrected chi connectivity index (χ4v) is 2.53.